The van der Waals surface area contributed by atoms with Crippen molar-refractivity contribution >= 4 is 44.6 Å². The normalized spacial score (nSPS) is 14.9. The van der Waals surface area contributed by atoms with E-state index >= 15 is 0 Å². The van der Waals surface area contributed by atoms with Gasteiger partial charge in [-0.25, -0.2) is 0 Å². The molecule has 1 N–H and O–H groups in total. The van der Waals surface area contributed by atoms with E-state index in [2.05, 4.69) is 4.90 Å². The molecule has 2 heterocycles. The molecule has 2 aromatic carbocycles. The molecule has 4 nitrogen and oxygen atoms in total. The summed E-state index contributed by atoms with van der Waals surface area (Å²) >= 11 is 7.41. The van der Waals surface area contributed by atoms with Crippen LogP contribution in [0, 0.1) is 0 Å². The second kappa shape index (κ2) is 6.58. The Labute approximate surface area is 154 Å². The Hall–Kier alpha value is -2.24. The Morgan fingerprint density at radius 3 is 2.52 bits per heavy atom. The van der Waals surface area contributed by atoms with Gasteiger partial charge in [0.15, 0.2) is 0 Å². The first-order chi connectivity index (χ1) is 12.1. The minimum atomic E-state index is -0.0931. The number of carbonyl (C=O) groups is 1. The number of thiophene rings is 1. The Kier molecular flexibility index (Phi) is 4.27. The molecule has 1 amide bonds. The molecule has 0 radical (unpaired) electrons. The molecule has 1 saturated heterocycles. The van der Waals surface area contributed by atoms with Crippen molar-refractivity contribution in [3.8, 4) is 5.75 Å². The predicted molar refractivity (Wildman–Crippen MR) is 103 cm³/mol. The summed E-state index contributed by atoms with van der Waals surface area (Å²) in [5, 5.41) is 11.8. The van der Waals surface area contributed by atoms with Gasteiger partial charge in [0.25, 0.3) is 5.91 Å². The van der Waals surface area contributed by atoms with Gasteiger partial charge < -0.3 is 14.9 Å². The fraction of sp³-hybridized carbons (Fsp3) is 0.211. The zero-order chi connectivity index (χ0) is 17.4. The lowest BCUT2D eigenvalue weighted by Gasteiger charge is -2.36. The minimum Gasteiger partial charge on any atom is -0.506 e. The number of hydrogen-bond donors (Lipinski definition) is 1. The van der Waals surface area contributed by atoms with Crippen molar-refractivity contribution in [2.24, 2.45) is 0 Å². The van der Waals surface area contributed by atoms with E-state index in [0.717, 1.165) is 28.9 Å². The number of amides is 1. The molecule has 0 bridgehead atoms. The highest BCUT2D eigenvalue weighted by atomic mass is 35.5. The highest BCUT2D eigenvalue weighted by molar-refractivity contribution is 7.21. The number of benzene rings is 2. The maximum atomic E-state index is 12.8. The second-order valence-electron chi connectivity index (χ2n) is 6.04. The molecule has 0 atom stereocenters. The third kappa shape index (κ3) is 3.05. The van der Waals surface area contributed by atoms with Gasteiger partial charge in [-0.2, -0.15) is 0 Å². The van der Waals surface area contributed by atoms with Gasteiger partial charge >= 0.3 is 0 Å². The number of aromatic hydroxyl groups is 1. The quantitative estimate of drug-likeness (QED) is 0.732. The van der Waals surface area contributed by atoms with Crippen molar-refractivity contribution in [1.82, 2.24) is 4.90 Å². The van der Waals surface area contributed by atoms with Crippen LogP contribution in [0.3, 0.4) is 0 Å². The number of halogens is 1. The smallest absolute Gasteiger partial charge is 0.267 e. The van der Waals surface area contributed by atoms with E-state index in [0.29, 0.717) is 23.0 Å². The fourth-order valence-corrected chi connectivity index (χ4v) is 4.41. The standard InChI is InChI=1S/C19H17ClN2O2S/c20-13-4-3-5-14(12-13)21-8-10-22(11-9-21)19(24)18-17(23)15-6-1-2-7-16(15)25-18/h1-7,12,23H,8-11H2. The van der Waals surface area contributed by atoms with Gasteiger partial charge in [0.05, 0.1) is 0 Å². The molecule has 1 aliphatic rings. The molecular weight excluding hydrogens is 356 g/mol. The lowest BCUT2D eigenvalue weighted by molar-refractivity contribution is 0.0749. The summed E-state index contributed by atoms with van der Waals surface area (Å²) in [6.45, 7) is 2.74. The van der Waals surface area contributed by atoms with Crippen LogP contribution in [0.25, 0.3) is 10.1 Å². The van der Waals surface area contributed by atoms with Crippen LogP contribution in [0.15, 0.2) is 48.5 Å². The third-order valence-electron chi connectivity index (χ3n) is 4.50. The zero-order valence-electron chi connectivity index (χ0n) is 13.5. The van der Waals surface area contributed by atoms with Crippen LogP contribution >= 0.6 is 22.9 Å². The molecule has 0 spiro atoms. The van der Waals surface area contributed by atoms with E-state index < -0.39 is 0 Å². The highest BCUT2D eigenvalue weighted by Crippen LogP contribution is 2.37. The highest BCUT2D eigenvalue weighted by Gasteiger charge is 2.26. The van der Waals surface area contributed by atoms with Crippen LogP contribution < -0.4 is 4.90 Å². The van der Waals surface area contributed by atoms with Crippen molar-refractivity contribution in [1.29, 1.82) is 0 Å². The molecule has 25 heavy (non-hydrogen) atoms. The summed E-state index contributed by atoms with van der Waals surface area (Å²) in [5.41, 5.74) is 1.07. The van der Waals surface area contributed by atoms with Crippen LogP contribution in [0.4, 0.5) is 5.69 Å². The molecule has 1 fully saturated rings. The molecule has 4 rings (SSSR count). The Bertz CT molecular complexity index is 932. The van der Waals surface area contributed by atoms with Gasteiger partial charge in [0.2, 0.25) is 0 Å². The van der Waals surface area contributed by atoms with Crippen molar-refractivity contribution in [3.05, 3.63) is 58.4 Å². The summed E-state index contributed by atoms with van der Waals surface area (Å²) in [4.78, 5) is 17.3. The van der Waals surface area contributed by atoms with Gasteiger partial charge in [0, 0.05) is 47.0 Å². The number of fused-ring (bicyclic) bond motifs is 1. The first kappa shape index (κ1) is 16.2. The minimum absolute atomic E-state index is 0.0931. The van der Waals surface area contributed by atoms with E-state index in [1.807, 2.05) is 53.4 Å². The largest absolute Gasteiger partial charge is 0.506 e. The lowest BCUT2D eigenvalue weighted by atomic mass is 10.2. The van der Waals surface area contributed by atoms with Crippen molar-refractivity contribution in [3.63, 3.8) is 0 Å². The number of hydrogen-bond acceptors (Lipinski definition) is 4. The Balaban J connectivity index is 1.50. The molecule has 1 aromatic heterocycles. The zero-order valence-corrected chi connectivity index (χ0v) is 15.1. The van der Waals surface area contributed by atoms with Gasteiger partial charge in [-0.1, -0.05) is 29.8 Å². The van der Waals surface area contributed by atoms with Gasteiger partial charge in [-0.05, 0) is 30.3 Å². The summed E-state index contributed by atoms with van der Waals surface area (Å²) in [7, 11) is 0. The van der Waals surface area contributed by atoms with Crippen LogP contribution in [0.2, 0.25) is 5.02 Å². The first-order valence-corrected chi connectivity index (χ1v) is 9.33. The third-order valence-corrected chi connectivity index (χ3v) is 5.89. The maximum Gasteiger partial charge on any atom is 0.267 e. The van der Waals surface area contributed by atoms with Crippen molar-refractivity contribution in [2.75, 3.05) is 31.1 Å². The molecule has 0 saturated carbocycles. The van der Waals surface area contributed by atoms with E-state index in [1.165, 1.54) is 11.3 Å². The molecular formula is C19H17ClN2O2S. The van der Waals surface area contributed by atoms with Crippen molar-refractivity contribution in [2.45, 2.75) is 0 Å². The summed E-state index contributed by atoms with van der Waals surface area (Å²) in [6, 6.07) is 15.3. The Morgan fingerprint density at radius 1 is 1.04 bits per heavy atom. The number of carbonyl (C=O) groups excluding carboxylic acids is 1. The molecule has 3 aromatic rings. The van der Waals surface area contributed by atoms with E-state index in [-0.39, 0.29) is 11.7 Å². The van der Waals surface area contributed by atoms with Crippen LogP contribution in [-0.4, -0.2) is 42.1 Å². The number of anilines is 1. The van der Waals surface area contributed by atoms with Gasteiger partial charge in [-0.3, -0.25) is 4.79 Å². The number of piperazine rings is 1. The lowest BCUT2D eigenvalue weighted by Crippen LogP contribution is -2.48. The summed E-state index contributed by atoms with van der Waals surface area (Å²) in [6.07, 6.45) is 0. The molecule has 6 heteroatoms. The average Bonchev–Trinajstić information content (AvgIpc) is 2.98. The topological polar surface area (TPSA) is 43.8 Å². The fourth-order valence-electron chi connectivity index (χ4n) is 3.16. The molecule has 0 aliphatic carbocycles. The number of rotatable bonds is 2. The second-order valence-corrected chi connectivity index (χ2v) is 7.52. The van der Waals surface area contributed by atoms with E-state index in [1.54, 1.807) is 0 Å². The number of nitrogens with zero attached hydrogens (tertiary/aromatic N) is 2. The predicted octanol–water partition coefficient (Wildman–Crippen LogP) is 4.22. The van der Waals surface area contributed by atoms with Crippen LogP contribution in [0.5, 0.6) is 5.75 Å². The maximum absolute atomic E-state index is 12.8. The van der Waals surface area contributed by atoms with Gasteiger partial charge in [0.1, 0.15) is 10.6 Å². The van der Waals surface area contributed by atoms with E-state index in [4.69, 9.17) is 11.6 Å². The molecule has 1 aliphatic heterocycles. The summed E-state index contributed by atoms with van der Waals surface area (Å²) < 4.78 is 0.931. The molecule has 128 valence electrons. The average molecular weight is 373 g/mol. The van der Waals surface area contributed by atoms with Crippen molar-refractivity contribution < 1.29 is 9.90 Å². The van der Waals surface area contributed by atoms with E-state index in [9.17, 15) is 9.90 Å². The van der Waals surface area contributed by atoms with Crippen LogP contribution in [-0.2, 0) is 0 Å². The first-order valence-electron chi connectivity index (χ1n) is 8.14. The van der Waals surface area contributed by atoms with Crippen LogP contribution in [0.1, 0.15) is 9.67 Å². The monoisotopic (exact) mass is 372 g/mol. The Morgan fingerprint density at radius 2 is 1.80 bits per heavy atom. The SMILES string of the molecule is O=C(c1sc2ccccc2c1O)N1CCN(c2cccc(Cl)c2)CC1. The van der Waals surface area contributed by atoms with Gasteiger partial charge in [-0.15, -0.1) is 11.3 Å². The summed E-state index contributed by atoms with van der Waals surface area (Å²) in [5.74, 6) is 0.00677. The molecule has 0 unspecified atom stereocenters.